The zero-order valence-electron chi connectivity index (χ0n) is 20.5. The van der Waals surface area contributed by atoms with Crippen LogP contribution in [0.4, 0.5) is 0 Å². The van der Waals surface area contributed by atoms with Crippen molar-refractivity contribution < 1.29 is 4.79 Å². The number of pyridine rings is 1. The van der Waals surface area contributed by atoms with E-state index in [1.165, 1.54) is 11.1 Å². The molecule has 2 aromatic carbocycles. The lowest BCUT2D eigenvalue weighted by Crippen LogP contribution is -2.36. The van der Waals surface area contributed by atoms with Gasteiger partial charge in [-0.25, -0.2) is 4.52 Å². The Morgan fingerprint density at radius 3 is 2.58 bits per heavy atom. The van der Waals surface area contributed by atoms with Crippen LogP contribution in [0.15, 0.2) is 65.7 Å². The van der Waals surface area contributed by atoms with Crippen LogP contribution in [-0.2, 0) is 12.8 Å². The van der Waals surface area contributed by atoms with Crippen molar-refractivity contribution in [2.24, 2.45) is 0 Å². The van der Waals surface area contributed by atoms with Gasteiger partial charge in [0.25, 0.3) is 11.5 Å². The minimum atomic E-state index is -0.277. The molecule has 0 atom stereocenters. The Balaban J connectivity index is 1.39. The Kier molecular flexibility index (Phi) is 5.21. The number of aryl methyl sites for hydroxylation is 1. The third-order valence-corrected chi connectivity index (χ3v) is 7.10. The molecular formula is C29H27N5O2. The standard InChI is InChI=1S/C29H27N5O2/c1-16(2)25-26(28(35)31-21-11-18-8-4-5-9-19(18)12-21)33-34-15-24(32-29(36)27(25)34)20-13-22-17(3)7-6-10-23(22)30-14-20/h4-10,13-16,21H,11-12H2,1-3H3,(H,31,35)(H,32,36). The third kappa shape index (κ3) is 3.68. The van der Waals surface area contributed by atoms with Crippen LogP contribution in [0.2, 0.25) is 0 Å². The van der Waals surface area contributed by atoms with Gasteiger partial charge in [0.05, 0.1) is 17.4 Å². The highest BCUT2D eigenvalue weighted by molar-refractivity contribution is 5.96. The average Bonchev–Trinajstić information content (AvgIpc) is 3.45. The number of hydrogen-bond donors (Lipinski definition) is 2. The molecule has 0 unspecified atom stereocenters. The Morgan fingerprint density at radius 2 is 1.86 bits per heavy atom. The molecule has 3 heterocycles. The molecular weight excluding hydrogens is 450 g/mol. The molecule has 7 nitrogen and oxygen atoms in total. The van der Waals surface area contributed by atoms with Crippen molar-refractivity contribution in [1.29, 1.82) is 0 Å². The summed E-state index contributed by atoms with van der Waals surface area (Å²) in [5, 5.41) is 8.79. The Bertz CT molecular complexity index is 1690. The molecule has 1 amide bonds. The minimum Gasteiger partial charge on any atom is -0.347 e. The van der Waals surface area contributed by atoms with Gasteiger partial charge in [-0.2, -0.15) is 5.10 Å². The van der Waals surface area contributed by atoms with Crippen molar-refractivity contribution >= 4 is 22.3 Å². The summed E-state index contributed by atoms with van der Waals surface area (Å²) < 4.78 is 1.55. The van der Waals surface area contributed by atoms with E-state index in [4.69, 9.17) is 0 Å². The number of nitrogens with zero attached hydrogens (tertiary/aromatic N) is 3. The number of hydrogen-bond acceptors (Lipinski definition) is 4. The zero-order chi connectivity index (χ0) is 25.0. The van der Waals surface area contributed by atoms with Gasteiger partial charge < -0.3 is 10.3 Å². The smallest absolute Gasteiger partial charge is 0.274 e. The summed E-state index contributed by atoms with van der Waals surface area (Å²) in [6, 6.07) is 16.3. The molecule has 5 aromatic rings. The lowest BCUT2D eigenvalue weighted by Gasteiger charge is -2.12. The van der Waals surface area contributed by atoms with E-state index in [1.807, 2.05) is 57.2 Å². The van der Waals surface area contributed by atoms with Crippen molar-refractivity contribution in [2.75, 3.05) is 0 Å². The van der Waals surface area contributed by atoms with Crippen molar-refractivity contribution in [3.05, 3.63) is 99.2 Å². The first kappa shape index (κ1) is 22.2. The largest absolute Gasteiger partial charge is 0.347 e. The molecule has 0 spiro atoms. The van der Waals surface area contributed by atoms with Crippen molar-refractivity contribution in [3.63, 3.8) is 0 Å². The maximum Gasteiger partial charge on any atom is 0.274 e. The van der Waals surface area contributed by atoms with E-state index >= 15 is 0 Å². The van der Waals surface area contributed by atoms with Gasteiger partial charge in [-0.15, -0.1) is 0 Å². The molecule has 6 rings (SSSR count). The SMILES string of the molecule is Cc1cccc2ncc(-c3cn4nc(C(=O)NC5Cc6ccccc6C5)c(C(C)C)c4c(=O)[nH]3)cc12. The zero-order valence-corrected chi connectivity index (χ0v) is 20.5. The summed E-state index contributed by atoms with van der Waals surface area (Å²) in [4.78, 5) is 34.2. The molecule has 0 saturated carbocycles. The Morgan fingerprint density at radius 1 is 1.11 bits per heavy atom. The van der Waals surface area contributed by atoms with E-state index in [-0.39, 0.29) is 23.4 Å². The maximum absolute atomic E-state index is 13.4. The van der Waals surface area contributed by atoms with Crippen LogP contribution in [0, 0.1) is 6.92 Å². The quantitative estimate of drug-likeness (QED) is 0.397. The summed E-state index contributed by atoms with van der Waals surface area (Å²) in [5.74, 6) is -0.301. The molecule has 180 valence electrons. The molecule has 0 aliphatic heterocycles. The van der Waals surface area contributed by atoms with Crippen LogP contribution in [0.1, 0.15) is 52.5 Å². The van der Waals surface area contributed by atoms with E-state index in [1.54, 1.807) is 16.9 Å². The summed E-state index contributed by atoms with van der Waals surface area (Å²) in [6.07, 6.45) is 5.11. The first-order valence-electron chi connectivity index (χ1n) is 12.3. The van der Waals surface area contributed by atoms with Gasteiger partial charge in [0.1, 0.15) is 5.52 Å². The molecule has 1 aliphatic rings. The number of aromatic nitrogens is 4. The van der Waals surface area contributed by atoms with Crippen molar-refractivity contribution in [3.8, 4) is 11.3 Å². The fraction of sp³-hybridized carbons (Fsp3) is 0.241. The lowest BCUT2D eigenvalue weighted by atomic mass is 10.0. The van der Waals surface area contributed by atoms with E-state index in [0.29, 0.717) is 22.5 Å². The number of benzene rings is 2. The van der Waals surface area contributed by atoms with Crippen LogP contribution in [0.5, 0.6) is 0 Å². The topological polar surface area (TPSA) is 92.2 Å². The van der Waals surface area contributed by atoms with Gasteiger partial charge in [-0.3, -0.25) is 14.6 Å². The molecule has 2 N–H and O–H groups in total. The molecule has 0 saturated heterocycles. The van der Waals surface area contributed by atoms with Gasteiger partial charge >= 0.3 is 0 Å². The second kappa shape index (κ2) is 8.45. The second-order valence-electron chi connectivity index (χ2n) is 9.92. The lowest BCUT2D eigenvalue weighted by molar-refractivity contribution is 0.0932. The minimum absolute atomic E-state index is 0.0143. The molecule has 1 aliphatic carbocycles. The van der Waals surface area contributed by atoms with E-state index in [0.717, 1.165) is 34.9 Å². The van der Waals surface area contributed by atoms with E-state index in [9.17, 15) is 9.59 Å². The van der Waals surface area contributed by atoms with Gasteiger partial charge in [-0.05, 0) is 54.5 Å². The highest BCUT2D eigenvalue weighted by Gasteiger charge is 2.28. The predicted octanol–water partition coefficient (Wildman–Crippen LogP) is 4.57. The van der Waals surface area contributed by atoms with Crippen molar-refractivity contribution in [1.82, 2.24) is 24.9 Å². The summed E-state index contributed by atoms with van der Waals surface area (Å²) in [6.45, 7) is 5.99. The summed E-state index contributed by atoms with van der Waals surface area (Å²) >= 11 is 0. The maximum atomic E-state index is 13.4. The van der Waals surface area contributed by atoms with Crippen LogP contribution in [0.3, 0.4) is 0 Å². The molecule has 7 heteroatoms. The number of amides is 1. The van der Waals surface area contributed by atoms with Gasteiger partial charge in [-0.1, -0.05) is 50.2 Å². The second-order valence-corrected chi connectivity index (χ2v) is 9.92. The normalized spacial score (nSPS) is 13.6. The van der Waals surface area contributed by atoms with Crippen molar-refractivity contribution in [2.45, 2.75) is 45.6 Å². The van der Waals surface area contributed by atoms with Crippen LogP contribution < -0.4 is 10.9 Å². The number of carbonyl (C=O) groups is 1. The predicted molar refractivity (Wildman–Crippen MR) is 140 cm³/mol. The van der Waals surface area contributed by atoms with Crippen LogP contribution >= 0.6 is 0 Å². The number of nitrogens with one attached hydrogen (secondary N) is 2. The van der Waals surface area contributed by atoms with E-state index < -0.39 is 0 Å². The summed E-state index contributed by atoms with van der Waals surface area (Å²) in [7, 11) is 0. The molecule has 3 aromatic heterocycles. The Hall–Kier alpha value is -4.26. The number of rotatable bonds is 4. The highest BCUT2D eigenvalue weighted by atomic mass is 16.2. The average molecular weight is 478 g/mol. The fourth-order valence-electron chi connectivity index (χ4n) is 5.32. The fourth-order valence-corrected chi connectivity index (χ4v) is 5.32. The van der Waals surface area contributed by atoms with Crippen LogP contribution in [0.25, 0.3) is 27.7 Å². The molecule has 0 fully saturated rings. The van der Waals surface area contributed by atoms with Gasteiger partial charge in [0, 0.05) is 28.8 Å². The van der Waals surface area contributed by atoms with E-state index in [2.05, 4.69) is 32.5 Å². The molecule has 36 heavy (non-hydrogen) atoms. The number of fused-ring (bicyclic) bond motifs is 3. The van der Waals surface area contributed by atoms with Crippen LogP contribution in [-0.4, -0.2) is 31.5 Å². The summed E-state index contributed by atoms with van der Waals surface area (Å²) in [5.41, 5.74) is 7.01. The molecule has 0 bridgehead atoms. The first-order chi connectivity index (χ1) is 17.4. The van der Waals surface area contributed by atoms with Gasteiger partial charge in [0.15, 0.2) is 5.69 Å². The first-order valence-corrected chi connectivity index (χ1v) is 12.3. The third-order valence-electron chi connectivity index (χ3n) is 7.10. The highest BCUT2D eigenvalue weighted by Crippen LogP contribution is 2.27. The number of carbonyl (C=O) groups excluding carboxylic acids is 1. The van der Waals surface area contributed by atoms with Gasteiger partial charge in [0.2, 0.25) is 0 Å². The number of aromatic amines is 1. The monoisotopic (exact) mass is 477 g/mol. The Labute approximate surface area is 208 Å². The number of H-pyrrole nitrogens is 1. The molecule has 0 radical (unpaired) electrons.